The lowest BCUT2D eigenvalue weighted by Crippen LogP contribution is -2.46. The average Bonchev–Trinajstić information content (AvgIpc) is 3.49. The monoisotopic (exact) mass is 466 g/mol. The summed E-state index contributed by atoms with van der Waals surface area (Å²) in [4.78, 5) is 14.2. The number of amides is 1. The first kappa shape index (κ1) is 24.2. The van der Waals surface area contributed by atoms with Gasteiger partial charge in [-0.3, -0.25) is 4.79 Å². The predicted octanol–water partition coefficient (Wildman–Crippen LogP) is 2.81. The van der Waals surface area contributed by atoms with E-state index >= 15 is 0 Å². The minimum Gasteiger partial charge on any atom is -0.497 e. The van der Waals surface area contributed by atoms with Crippen LogP contribution in [0, 0.1) is 11.3 Å². The van der Waals surface area contributed by atoms with E-state index in [9.17, 15) is 10.1 Å². The van der Waals surface area contributed by atoms with Crippen LogP contribution in [0.2, 0.25) is 0 Å². The molecule has 1 saturated heterocycles. The minimum atomic E-state index is -0.653. The summed E-state index contributed by atoms with van der Waals surface area (Å²) < 4.78 is 6.98. The summed E-state index contributed by atoms with van der Waals surface area (Å²) in [6, 6.07) is 16.9. The Morgan fingerprint density at radius 2 is 1.91 bits per heavy atom. The summed E-state index contributed by atoms with van der Waals surface area (Å²) in [6.45, 7) is 1.22. The lowest BCUT2D eigenvalue weighted by atomic mass is 10.0. The third-order valence-corrected chi connectivity index (χ3v) is 5.75. The van der Waals surface area contributed by atoms with Gasteiger partial charge in [-0.2, -0.15) is 5.26 Å². The van der Waals surface area contributed by atoms with Crippen LogP contribution in [0.3, 0.4) is 0 Å². The number of likely N-dealkylation sites (tertiary alicyclic amines) is 1. The zero-order chi connectivity index (χ0) is 22.5. The van der Waals surface area contributed by atoms with Crippen LogP contribution in [0.25, 0.3) is 11.3 Å². The summed E-state index contributed by atoms with van der Waals surface area (Å²) >= 11 is 0. The number of carbonyl (C=O) groups is 1. The topological polar surface area (TPSA) is 110 Å². The largest absolute Gasteiger partial charge is 0.497 e. The molecule has 8 nitrogen and oxygen atoms in total. The molecule has 33 heavy (non-hydrogen) atoms. The van der Waals surface area contributed by atoms with Gasteiger partial charge < -0.3 is 15.4 Å². The molecule has 0 radical (unpaired) electrons. The van der Waals surface area contributed by atoms with Crippen LogP contribution < -0.4 is 10.5 Å². The van der Waals surface area contributed by atoms with E-state index in [1.54, 1.807) is 16.7 Å². The third kappa shape index (κ3) is 5.69. The average molecular weight is 467 g/mol. The molecule has 2 aromatic carbocycles. The quantitative estimate of drug-likeness (QED) is 0.573. The van der Waals surface area contributed by atoms with Crippen molar-refractivity contribution in [2.75, 3.05) is 13.7 Å². The lowest BCUT2D eigenvalue weighted by Gasteiger charge is -2.23. The Balaban J connectivity index is 0.00000306. The Hall–Kier alpha value is -3.41. The molecule has 3 aromatic rings. The smallest absolute Gasteiger partial charge is 0.240 e. The van der Waals surface area contributed by atoms with Crippen molar-refractivity contribution in [1.29, 1.82) is 5.26 Å². The maximum Gasteiger partial charge on any atom is 0.240 e. The predicted molar refractivity (Wildman–Crippen MR) is 127 cm³/mol. The fourth-order valence-corrected chi connectivity index (χ4v) is 3.96. The van der Waals surface area contributed by atoms with E-state index < -0.39 is 6.04 Å². The molecule has 1 aliphatic heterocycles. The van der Waals surface area contributed by atoms with Crippen molar-refractivity contribution in [2.45, 2.75) is 37.9 Å². The van der Waals surface area contributed by atoms with Gasteiger partial charge in [-0.05, 0) is 42.5 Å². The zero-order valence-corrected chi connectivity index (χ0v) is 19.2. The van der Waals surface area contributed by atoms with Gasteiger partial charge in [0.15, 0.2) is 0 Å². The Bertz CT molecular complexity index is 1110. The van der Waals surface area contributed by atoms with Gasteiger partial charge in [0.2, 0.25) is 5.91 Å². The summed E-state index contributed by atoms with van der Waals surface area (Å²) in [5.41, 5.74) is 9.95. The Morgan fingerprint density at radius 1 is 1.21 bits per heavy atom. The van der Waals surface area contributed by atoms with Crippen molar-refractivity contribution >= 4 is 18.3 Å². The standard InChI is InChI=1S/C24H26N6O2.ClH/c1-32-21-10-6-18(7-11-21)15-29-16-23(27-28-29)19-8-4-17(5-9-19)13-22(26)24(31)30-12-2-3-20(30)14-25;/h4-11,16,20,22H,2-3,12-13,15,26H2,1H3;1H/t20-,22-;/m0./s1. The molecule has 172 valence electrons. The number of nitrogens with zero attached hydrogens (tertiary/aromatic N) is 5. The number of ether oxygens (including phenoxy) is 1. The molecule has 1 aliphatic rings. The number of hydrogen-bond donors (Lipinski definition) is 1. The molecule has 0 unspecified atom stereocenters. The summed E-state index contributed by atoms with van der Waals surface area (Å²) in [7, 11) is 1.65. The summed E-state index contributed by atoms with van der Waals surface area (Å²) in [5.74, 6) is 0.666. The first-order valence-electron chi connectivity index (χ1n) is 10.7. The highest BCUT2D eigenvalue weighted by molar-refractivity contribution is 5.85. The first-order chi connectivity index (χ1) is 15.6. The molecule has 2 atom stereocenters. The summed E-state index contributed by atoms with van der Waals surface area (Å²) in [5, 5.41) is 17.7. The molecule has 0 spiro atoms. The van der Waals surface area contributed by atoms with Crippen LogP contribution in [-0.2, 0) is 17.8 Å². The van der Waals surface area contributed by atoms with Crippen LogP contribution in [0.4, 0.5) is 0 Å². The lowest BCUT2D eigenvalue weighted by molar-refractivity contribution is -0.132. The fraction of sp³-hybridized carbons (Fsp3) is 0.333. The van der Waals surface area contributed by atoms with E-state index in [-0.39, 0.29) is 24.4 Å². The number of methoxy groups -OCH3 is 1. The minimum absolute atomic E-state index is 0. The molecule has 9 heteroatoms. The molecule has 1 fully saturated rings. The van der Waals surface area contributed by atoms with Crippen molar-refractivity contribution in [1.82, 2.24) is 19.9 Å². The Labute approximate surface area is 199 Å². The number of nitrogens with two attached hydrogens (primary N) is 1. The van der Waals surface area contributed by atoms with Gasteiger partial charge in [-0.15, -0.1) is 17.5 Å². The molecule has 4 rings (SSSR count). The SMILES string of the molecule is COc1ccc(Cn2cc(-c3ccc(C[C@H](N)C(=O)N4CCC[C@H]4C#N)cc3)nn2)cc1.Cl. The van der Waals surface area contributed by atoms with Gasteiger partial charge >= 0.3 is 0 Å². The number of hydrogen-bond acceptors (Lipinski definition) is 6. The van der Waals surface area contributed by atoms with Crippen molar-refractivity contribution in [3.63, 3.8) is 0 Å². The third-order valence-electron chi connectivity index (χ3n) is 5.75. The van der Waals surface area contributed by atoms with Gasteiger partial charge in [-0.25, -0.2) is 4.68 Å². The molecule has 0 saturated carbocycles. The molecule has 0 aliphatic carbocycles. The second kappa shape index (κ2) is 10.9. The number of halogens is 1. The highest BCUT2D eigenvalue weighted by Crippen LogP contribution is 2.20. The molecular weight excluding hydrogens is 440 g/mol. The number of carbonyl (C=O) groups excluding carboxylic acids is 1. The molecule has 0 bridgehead atoms. The summed E-state index contributed by atoms with van der Waals surface area (Å²) in [6.07, 6.45) is 3.91. The van der Waals surface area contributed by atoms with E-state index in [1.807, 2.05) is 54.7 Å². The fourth-order valence-electron chi connectivity index (χ4n) is 3.96. The van der Waals surface area contributed by atoms with Crippen LogP contribution >= 0.6 is 12.4 Å². The van der Waals surface area contributed by atoms with Crippen LogP contribution in [0.5, 0.6) is 5.75 Å². The number of nitriles is 1. The second-order valence-corrected chi connectivity index (χ2v) is 7.98. The van der Waals surface area contributed by atoms with Gasteiger partial charge in [0, 0.05) is 12.1 Å². The zero-order valence-electron chi connectivity index (χ0n) is 18.4. The van der Waals surface area contributed by atoms with Crippen LogP contribution in [0.15, 0.2) is 54.7 Å². The number of aromatic nitrogens is 3. The van der Waals surface area contributed by atoms with E-state index in [0.29, 0.717) is 19.5 Å². The van der Waals surface area contributed by atoms with E-state index in [1.165, 1.54) is 0 Å². The molecule has 2 N–H and O–H groups in total. The van der Waals surface area contributed by atoms with E-state index in [4.69, 9.17) is 10.5 Å². The Morgan fingerprint density at radius 3 is 2.58 bits per heavy atom. The molecular formula is C24H27ClN6O2. The normalized spacial score (nSPS) is 16.0. The highest BCUT2D eigenvalue weighted by Gasteiger charge is 2.31. The van der Waals surface area contributed by atoms with Gasteiger partial charge in [0.1, 0.15) is 17.5 Å². The number of benzene rings is 2. The second-order valence-electron chi connectivity index (χ2n) is 7.98. The van der Waals surface area contributed by atoms with Crippen LogP contribution in [0.1, 0.15) is 24.0 Å². The molecule has 1 aromatic heterocycles. The first-order valence-corrected chi connectivity index (χ1v) is 10.7. The van der Waals surface area contributed by atoms with Gasteiger partial charge in [0.25, 0.3) is 0 Å². The van der Waals surface area contributed by atoms with Gasteiger partial charge in [-0.1, -0.05) is 41.6 Å². The van der Waals surface area contributed by atoms with Crippen molar-refractivity contribution in [3.8, 4) is 23.1 Å². The number of rotatable bonds is 7. The van der Waals surface area contributed by atoms with E-state index in [0.717, 1.165) is 41.0 Å². The molecule has 2 heterocycles. The highest BCUT2D eigenvalue weighted by atomic mass is 35.5. The maximum atomic E-state index is 12.6. The van der Waals surface area contributed by atoms with Crippen molar-refractivity contribution in [3.05, 3.63) is 65.9 Å². The van der Waals surface area contributed by atoms with Crippen LogP contribution in [-0.4, -0.2) is 51.5 Å². The van der Waals surface area contributed by atoms with Crippen molar-refractivity contribution < 1.29 is 9.53 Å². The van der Waals surface area contributed by atoms with Gasteiger partial charge in [0.05, 0.1) is 32.0 Å². The Kier molecular flexibility index (Phi) is 8.04. The van der Waals surface area contributed by atoms with E-state index in [2.05, 4.69) is 16.4 Å². The van der Waals surface area contributed by atoms with Crippen molar-refractivity contribution in [2.24, 2.45) is 5.73 Å². The maximum absolute atomic E-state index is 12.6. The molecule has 1 amide bonds.